The van der Waals surface area contributed by atoms with Gasteiger partial charge in [0.05, 0.1) is 5.69 Å². The number of benzene rings is 1. The average Bonchev–Trinajstić information content (AvgIpc) is 2.59. The Bertz CT molecular complexity index is 543. The van der Waals surface area contributed by atoms with Crippen LogP contribution in [0.3, 0.4) is 0 Å². The number of fused-ring (bicyclic) bond motifs is 1. The van der Waals surface area contributed by atoms with Gasteiger partial charge in [-0.05, 0) is 32.2 Å². The van der Waals surface area contributed by atoms with Crippen molar-refractivity contribution < 1.29 is 14.3 Å². The van der Waals surface area contributed by atoms with Crippen LogP contribution in [0.4, 0.5) is 5.69 Å². The van der Waals surface area contributed by atoms with Crippen molar-refractivity contribution in [1.82, 2.24) is 0 Å². The second-order valence-corrected chi connectivity index (χ2v) is 5.47. The minimum atomic E-state index is -1.23. The first-order valence-electron chi connectivity index (χ1n) is 6.14. The van der Waals surface area contributed by atoms with Gasteiger partial charge in [-0.3, -0.25) is 9.59 Å². The fourth-order valence-electron chi connectivity index (χ4n) is 2.41. The molecule has 1 aliphatic rings. The van der Waals surface area contributed by atoms with Gasteiger partial charge in [0, 0.05) is 19.0 Å². The van der Waals surface area contributed by atoms with E-state index >= 15 is 0 Å². The fourth-order valence-corrected chi connectivity index (χ4v) is 3.27. The molecule has 1 aliphatic heterocycles. The molecule has 102 valence electrons. The van der Waals surface area contributed by atoms with E-state index in [-0.39, 0.29) is 5.91 Å². The van der Waals surface area contributed by atoms with Crippen LogP contribution in [0.5, 0.6) is 0 Å². The Morgan fingerprint density at radius 1 is 1.47 bits per heavy atom. The van der Waals surface area contributed by atoms with Crippen LogP contribution < -0.4 is 4.90 Å². The van der Waals surface area contributed by atoms with Gasteiger partial charge in [0.25, 0.3) is 10.8 Å². The molecule has 0 fully saturated rings. The quantitative estimate of drug-likeness (QED) is 0.630. The molecular weight excluding hydrogens is 262 g/mol. The van der Waals surface area contributed by atoms with Crippen molar-refractivity contribution in [2.24, 2.45) is 0 Å². The molecule has 1 atom stereocenters. The topological polar surface area (TPSA) is 46.6 Å². The number of carbonyl (C=O) groups is 2. The Morgan fingerprint density at radius 2 is 2.16 bits per heavy atom. The summed E-state index contributed by atoms with van der Waals surface area (Å²) < 4.78 is 5.41. The first kappa shape index (κ1) is 13.9. The summed E-state index contributed by atoms with van der Waals surface area (Å²) in [5.41, 5.74) is 2.63. The van der Waals surface area contributed by atoms with Crippen LogP contribution in [0, 0.1) is 6.92 Å². The molecule has 0 spiro atoms. The number of esters is 1. The lowest BCUT2D eigenvalue weighted by Gasteiger charge is -2.25. The zero-order valence-electron chi connectivity index (χ0n) is 11.5. The Morgan fingerprint density at radius 3 is 2.68 bits per heavy atom. The smallest absolute Gasteiger partial charge is 0.304 e. The number of anilines is 1. The number of hydrogen-bond acceptors (Lipinski definition) is 4. The van der Waals surface area contributed by atoms with Crippen LogP contribution in [0.2, 0.25) is 0 Å². The van der Waals surface area contributed by atoms with Crippen molar-refractivity contribution in [2.75, 3.05) is 17.7 Å². The van der Waals surface area contributed by atoms with Gasteiger partial charge in [-0.15, -0.1) is 11.8 Å². The number of rotatable bonds is 3. The fraction of sp³-hybridized carbons (Fsp3) is 0.429. The third kappa shape index (κ3) is 2.02. The lowest BCUT2D eigenvalue weighted by Crippen LogP contribution is -2.40. The maximum Gasteiger partial charge on any atom is 0.304 e. The largest absolute Gasteiger partial charge is 0.434 e. The second-order valence-electron chi connectivity index (χ2n) is 4.48. The Kier molecular flexibility index (Phi) is 3.58. The highest BCUT2D eigenvalue weighted by Crippen LogP contribution is 2.49. The Labute approximate surface area is 117 Å². The van der Waals surface area contributed by atoms with Gasteiger partial charge in [0.15, 0.2) is 0 Å². The number of ether oxygens (including phenoxy) is 1. The summed E-state index contributed by atoms with van der Waals surface area (Å²) in [6, 6.07) is 5.79. The summed E-state index contributed by atoms with van der Waals surface area (Å²) in [5.74, 6) is -0.633. The highest BCUT2D eigenvalue weighted by molar-refractivity contribution is 8.00. The zero-order chi connectivity index (χ0) is 14.2. The number of thioether (sulfide) groups is 1. The molecule has 2 rings (SSSR count). The number of carbonyl (C=O) groups excluding carboxylic acids is 2. The molecule has 0 radical (unpaired) electrons. The van der Waals surface area contributed by atoms with Crippen LogP contribution in [0.25, 0.3) is 0 Å². The molecule has 4 nitrogen and oxygen atoms in total. The van der Waals surface area contributed by atoms with Crippen LogP contribution in [0.1, 0.15) is 25.0 Å². The number of hydrogen-bond donors (Lipinski definition) is 0. The van der Waals surface area contributed by atoms with E-state index in [4.69, 9.17) is 4.74 Å². The number of aryl methyl sites for hydroxylation is 1. The van der Waals surface area contributed by atoms with E-state index in [9.17, 15) is 9.59 Å². The lowest BCUT2D eigenvalue weighted by molar-refractivity contribution is -0.155. The monoisotopic (exact) mass is 279 g/mol. The molecule has 1 amide bonds. The molecule has 5 heteroatoms. The first-order chi connectivity index (χ1) is 8.96. The van der Waals surface area contributed by atoms with Gasteiger partial charge < -0.3 is 9.64 Å². The third-order valence-electron chi connectivity index (χ3n) is 3.22. The van der Waals surface area contributed by atoms with E-state index in [2.05, 4.69) is 0 Å². The summed E-state index contributed by atoms with van der Waals surface area (Å²) in [5, 5.41) is 0. The molecule has 1 aromatic carbocycles. The molecule has 1 aromatic rings. The van der Waals surface area contributed by atoms with Crippen molar-refractivity contribution in [1.29, 1.82) is 0 Å². The molecule has 0 aliphatic carbocycles. The minimum absolute atomic E-state index is 0.182. The van der Waals surface area contributed by atoms with E-state index in [1.54, 1.807) is 11.2 Å². The van der Waals surface area contributed by atoms with Gasteiger partial charge in [-0.2, -0.15) is 0 Å². The van der Waals surface area contributed by atoms with Gasteiger partial charge in [-0.1, -0.05) is 11.6 Å². The maximum atomic E-state index is 12.6. The summed E-state index contributed by atoms with van der Waals surface area (Å²) in [4.78, 5) is 24.4. The lowest BCUT2D eigenvalue weighted by atomic mass is 10.1. The average molecular weight is 279 g/mol. The standard InChI is InChI=1S/C14H17NO3S/c1-5-15-12-7-6-9(2)8-11(12)14(19-4,13(15)17)18-10(3)16/h6-8H,5H2,1-4H3. The van der Waals surface area contributed by atoms with E-state index in [0.29, 0.717) is 6.54 Å². The maximum absolute atomic E-state index is 12.6. The summed E-state index contributed by atoms with van der Waals surface area (Å²) in [6.45, 7) is 5.75. The van der Waals surface area contributed by atoms with Crippen molar-refractivity contribution in [3.05, 3.63) is 29.3 Å². The van der Waals surface area contributed by atoms with Gasteiger partial charge in [0.1, 0.15) is 0 Å². The van der Waals surface area contributed by atoms with E-state index in [1.165, 1.54) is 18.7 Å². The van der Waals surface area contributed by atoms with Gasteiger partial charge in [0.2, 0.25) is 0 Å². The molecule has 19 heavy (non-hydrogen) atoms. The van der Waals surface area contributed by atoms with Gasteiger partial charge in [-0.25, -0.2) is 0 Å². The Hall–Kier alpha value is -1.49. The molecule has 0 bridgehead atoms. The number of likely N-dealkylation sites (N-methyl/N-ethyl adjacent to an activating group) is 1. The van der Waals surface area contributed by atoms with Crippen molar-refractivity contribution in [3.63, 3.8) is 0 Å². The van der Waals surface area contributed by atoms with Crippen LogP contribution >= 0.6 is 11.8 Å². The van der Waals surface area contributed by atoms with E-state index < -0.39 is 10.9 Å². The van der Waals surface area contributed by atoms with Crippen LogP contribution in [-0.4, -0.2) is 24.7 Å². The molecule has 0 aromatic heterocycles. The highest BCUT2D eigenvalue weighted by Gasteiger charge is 2.53. The van der Waals surface area contributed by atoms with Crippen molar-refractivity contribution in [2.45, 2.75) is 25.7 Å². The first-order valence-corrected chi connectivity index (χ1v) is 7.36. The molecular formula is C14H17NO3S. The Balaban J connectivity index is 2.65. The predicted octanol–water partition coefficient (Wildman–Crippen LogP) is 2.44. The number of nitrogens with zero attached hydrogens (tertiary/aromatic N) is 1. The zero-order valence-corrected chi connectivity index (χ0v) is 12.3. The summed E-state index contributed by atoms with van der Waals surface area (Å²) in [6.07, 6.45) is 1.78. The van der Waals surface area contributed by atoms with Crippen LogP contribution in [-0.2, 0) is 19.3 Å². The van der Waals surface area contributed by atoms with E-state index in [1.807, 2.05) is 32.0 Å². The van der Waals surface area contributed by atoms with Crippen molar-refractivity contribution in [3.8, 4) is 0 Å². The highest BCUT2D eigenvalue weighted by atomic mass is 32.2. The third-order valence-corrected chi connectivity index (χ3v) is 4.27. The van der Waals surface area contributed by atoms with Gasteiger partial charge >= 0.3 is 5.97 Å². The molecule has 0 saturated heterocycles. The molecule has 1 unspecified atom stereocenters. The van der Waals surface area contributed by atoms with E-state index in [0.717, 1.165) is 16.8 Å². The molecule has 1 heterocycles. The SMILES string of the molecule is CCN1C(=O)C(OC(C)=O)(SC)c2cc(C)ccc21. The normalized spacial score (nSPS) is 21.5. The predicted molar refractivity (Wildman–Crippen MR) is 76.2 cm³/mol. The van der Waals surface area contributed by atoms with Crippen molar-refractivity contribution >= 4 is 29.3 Å². The number of amides is 1. The minimum Gasteiger partial charge on any atom is -0.434 e. The van der Waals surface area contributed by atoms with Crippen LogP contribution in [0.15, 0.2) is 18.2 Å². The molecule has 0 saturated carbocycles. The summed E-state index contributed by atoms with van der Waals surface area (Å²) in [7, 11) is 0. The molecule has 0 N–H and O–H groups in total. The second kappa shape index (κ2) is 4.89. The summed E-state index contributed by atoms with van der Waals surface area (Å²) >= 11 is 1.25.